The maximum Gasteiger partial charge on any atom is 0.261 e. The molecular weight excluding hydrogens is 250 g/mol. The largest absolute Gasteiger partial charge is 0.286 e. The van der Waals surface area contributed by atoms with Crippen molar-refractivity contribution < 1.29 is 17.5 Å². The molecule has 0 radical (unpaired) electrons. The van der Waals surface area contributed by atoms with Crippen molar-refractivity contribution in [1.29, 1.82) is 0 Å². The third-order valence-corrected chi connectivity index (χ3v) is 2.29. The topological polar surface area (TPSA) is 58.2 Å². The second-order valence-electron chi connectivity index (χ2n) is 4.22. The zero-order chi connectivity index (χ0) is 14.0. The van der Waals surface area contributed by atoms with Crippen LogP contribution in [0.3, 0.4) is 0 Å². The Morgan fingerprint density at radius 1 is 1.22 bits per heavy atom. The average molecular weight is 274 g/mol. The van der Waals surface area contributed by atoms with Crippen LogP contribution in [0.5, 0.6) is 0 Å². The minimum absolute atomic E-state index is 0.715. The molecule has 0 spiro atoms. The molecule has 104 valence electrons. The summed E-state index contributed by atoms with van der Waals surface area (Å²) in [6.45, 7) is 5.62. The lowest BCUT2D eigenvalue weighted by molar-refractivity contribution is -0.704. The fourth-order valence-electron chi connectivity index (χ4n) is 1.56. The number of pyridine rings is 1. The van der Waals surface area contributed by atoms with Gasteiger partial charge in [0.1, 0.15) is 6.54 Å². The molecule has 0 aliphatic heterocycles. The summed E-state index contributed by atoms with van der Waals surface area (Å²) < 4.78 is 28.2. The molecule has 0 aromatic carbocycles. The zero-order valence-corrected chi connectivity index (χ0v) is 12.3. The fraction of sp³-hybridized carbons (Fsp3) is 0.615. The van der Waals surface area contributed by atoms with E-state index in [1.807, 2.05) is 0 Å². The number of hydrogen-bond donors (Lipinski definition) is 1. The minimum atomic E-state index is -3.67. The summed E-state index contributed by atoms with van der Waals surface area (Å²) in [7, 11) is -3.67. The van der Waals surface area contributed by atoms with Gasteiger partial charge >= 0.3 is 0 Å². The first kappa shape index (κ1) is 17.1. The summed E-state index contributed by atoms with van der Waals surface area (Å²) in [5.41, 5.74) is 1.48. The normalized spacial score (nSPS) is 10.7. The lowest BCUT2D eigenvalue weighted by Crippen LogP contribution is -2.37. The summed E-state index contributed by atoms with van der Waals surface area (Å²) in [4.78, 5) is 0. The highest BCUT2D eigenvalue weighted by Gasteiger charge is 2.06. The number of rotatable bonds is 5. The molecule has 0 amide bonds. The molecular formula is C13H24NO3S+. The number of aromatic nitrogens is 1. The van der Waals surface area contributed by atoms with E-state index in [0.717, 1.165) is 6.54 Å². The highest BCUT2D eigenvalue weighted by atomic mass is 32.2. The third kappa shape index (κ3) is 10.2. The van der Waals surface area contributed by atoms with Gasteiger partial charge in [-0.15, -0.1) is 0 Å². The van der Waals surface area contributed by atoms with E-state index in [1.54, 1.807) is 0 Å². The fourth-order valence-corrected chi connectivity index (χ4v) is 1.56. The van der Waals surface area contributed by atoms with Gasteiger partial charge in [0.05, 0.1) is 6.26 Å². The van der Waals surface area contributed by atoms with Gasteiger partial charge in [-0.2, -0.15) is 8.42 Å². The van der Waals surface area contributed by atoms with Gasteiger partial charge in [-0.1, -0.05) is 26.3 Å². The van der Waals surface area contributed by atoms with Crippen LogP contribution in [-0.2, 0) is 23.1 Å². The quantitative estimate of drug-likeness (QED) is 0.661. The maximum absolute atomic E-state index is 9.19. The maximum atomic E-state index is 9.19. The summed E-state index contributed by atoms with van der Waals surface area (Å²) >= 11 is 0. The van der Waals surface area contributed by atoms with Crippen LogP contribution in [0.2, 0.25) is 0 Å². The van der Waals surface area contributed by atoms with E-state index in [0.29, 0.717) is 6.26 Å². The first-order valence-electron chi connectivity index (χ1n) is 6.28. The summed E-state index contributed by atoms with van der Waals surface area (Å²) in [6.07, 6.45) is 7.92. The first-order valence-corrected chi connectivity index (χ1v) is 8.13. The Kier molecular flexibility index (Phi) is 8.58. The molecule has 0 atom stereocenters. The van der Waals surface area contributed by atoms with E-state index >= 15 is 0 Å². The van der Waals surface area contributed by atoms with Gasteiger partial charge in [0.25, 0.3) is 10.1 Å². The molecule has 0 unspecified atom stereocenters. The predicted octanol–water partition coefficient (Wildman–Crippen LogP) is 2.23. The molecule has 0 aliphatic rings. The minimum Gasteiger partial charge on any atom is -0.286 e. The molecule has 4 nitrogen and oxygen atoms in total. The Morgan fingerprint density at radius 2 is 1.83 bits per heavy atom. The molecule has 1 rings (SSSR count). The lowest BCUT2D eigenvalue weighted by Gasteiger charge is -2.01. The molecule has 0 saturated carbocycles. The van der Waals surface area contributed by atoms with Crippen LogP contribution < -0.4 is 4.57 Å². The Balaban J connectivity index is 0.000000494. The standard InChI is InChI=1S/C12H20N.CH4O3S/c1-3-5-8-12-9-6-7-11-13(12)10-4-2;1-5(2,3)4/h6-7,9,11H,3-5,8,10H2,1-2H3;1H3,(H,2,3,4)/q+1;. The second-order valence-corrected chi connectivity index (χ2v) is 5.69. The van der Waals surface area contributed by atoms with E-state index < -0.39 is 10.1 Å². The van der Waals surface area contributed by atoms with Gasteiger partial charge in [0.2, 0.25) is 0 Å². The molecule has 18 heavy (non-hydrogen) atoms. The molecule has 0 aliphatic carbocycles. The van der Waals surface area contributed by atoms with Crippen molar-refractivity contribution in [2.24, 2.45) is 0 Å². The van der Waals surface area contributed by atoms with Crippen LogP contribution >= 0.6 is 0 Å². The van der Waals surface area contributed by atoms with E-state index in [-0.39, 0.29) is 0 Å². The second kappa shape index (κ2) is 9.05. The van der Waals surface area contributed by atoms with Crippen molar-refractivity contribution in [3.05, 3.63) is 30.1 Å². The molecule has 5 heteroatoms. The summed E-state index contributed by atoms with van der Waals surface area (Å²) in [5.74, 6) is 0. The highest BCUT2D eigenvalue weighted by Crippen LogP contribution is 1.99. The number of aryl methyl sites for hydroxylation is 2. The SMILES string of the molecule is CCCCc1cccc[n+]1CCC.CS(=O)(=O)O. The van der Waals surface area contributed by atoms with Gasteiger partial charge in [-0.05, 0) is 6.42 Å². The number of hydrogen-bond acceptors (Lipinski definition) is 2. The smallest absolute Gasteiger partial charge is 0.261 e. The van der Waals surface area contributed by atoms with E-state index in [9.17, 15) is 8.42 Å². The Morgan fingerprint density at radius 3 is 2.33 bits per heavy atom. The molecule has 1 heterocycles. The van der Waals surface area contributed by atoms with Gasteiger partial charge in [-0.3, -0.25) is 4.55 Å². The van der Waals surface area contributed by atoms with Crippen molar-refractivity contribution in [2.45, 2.75) is 46.1 Å². The average Bonchev–Trinajstić information content (AvgIpc) is 2.26. The summed E-state index contributed by atoms with van der Waals surface area (Å²) in [5, 5.41) is 0. The van der Waals surface area contributed by atoms with Crippen molar-refractivity contribution in [1.82, 2.24) is 0 Å². The highest BCUT2D eigenvalue weighted by molar-refractivity contribution is 7.85. The van der Waals surface area contributed by atoms with Crippen LogP contribution in [0.15, 0.2) is 24.4 Å². The first-order chi connectivity index (χ1) is 8.38. The van der Waals surface area contributed by atoms with Gasteiger partial charge in [0, 0.05) is 25.0 Å². The Hall–Kier alpha value is -0.940. The molecule has 1 N–H and O–H groups in total. The van der Waals surface area contributed by atoms with E-state index in [2.05, 4.69) is 42.8 Å². The van der Waals surface area contributed by atoms with Crippen LogP contribution in [0, 0.1) is 0 Å². The van der Waals surface area contributed by atoms with Gasteiger partial charge in [-0.25, -0.2) is 4.57 Å². The van der Waals surface area contributed by atoms with E-state index in [4.69, 9.17) is 4.55 Å². The molecule has 1 aromatic heterocycles. The predicted molar refractivity (Wildman–Crippen MR) is 73.0 cm³/mol. The Bertz CT molecular complexity index is 422. The van der Waals surface area contributed by atoms with Crippen LogP contribution in [0.1, 0.15) is 38.8 Å². The number of nitrogens with zero attached hydrogens (tertiary/aromatic N) is 1. The third-order valence-electron chi connectivity index (χ3n) is 2.29. The molecule has 1 aromatic rings. The van der Waals surface area contributed by atoms with E-state index in [1.165, 1.54) is 31.4 Å². The van der Waals surface area contributed by atoms with Gasteiger partial charge < -0.3 is 0 Å². The monoisotopic (exact) mass is 274 g/mol. The van der Waals surface area contributed by atoms with Crippen LogP contribution in [0.25, 0.3) is 0 Å². The molecule has 0 saturated heterocycles. The Labute approximate surface area is 110 Å². The molecule has 0 fully saturated rings. The van der Waals surface area contributed by atoms with Crippen molar-refractivity contribution in [3.63, 3.8) is 0 Å². The van der Waals surface area contributed by atoms with Crippen LogP contribution in [0.4, 0.5) is 0 Å². The van der Waals surface area contributed by atoms with Crippen molar-refractivity contribution >= 4 is 10.1 Å². The van der Waals surface area contributed by atoms with Crippen LogP contribution in [-0.4, -0.2) is 19.2 Å². The lowest BCUT2D eigenvalue weighted by atomic mass is 10.2. The number of unbranched alkanes of at least 4 members (excludes halogenated alkanes) is 1. The summed E-state index contributed by atoms with van der Waals surface area (Å²) in [6, 6.07) is 6.49. The van der Waals surface area contributed by atoms with Crippen molar-refractivity contribution in [2.75, 3.05) is 6.26 Å². The van der Waals surface area contributed by atoms with Crippen molar-refractivity contribution in [3.8, 4) is 0 Å². The van der Waals surface area contributed by atoms with Gasteiger partial charge in [0.15, 0.2) is 11.9 Å². The molecule has 0 bridgehead atoms. The zero-order valence-electron chi connectivity index (χ0n) is 11.5.